The molecule has 0 spiro atoms. The number of hydrogen-bond acceptors (Lipinski definition) is 5. The van der Waals surface area contributed by atoms with Gasteiger partial charge in [-0.3, -0.25) is 0 Å². The van der Waals surface area contributed by atoms with Crippen LogP contribution in [0.25, 0.3) is 33.1 Å². The normalized spacial score (nSPS) is 12.6. The zero-order valence-electron chi connectivity index (χ0n) is 16.1. The number of phenols is 1. The molecule has 1 heterocycles. The summed E-state index contributed by atoms with van der Waals surface area (Å²) in [5.41, 5.74) is 7.63. The molecule has 5 nitrogen and oxygen atoms in total. The maximum Gasteiger partial charge on any atom is 0.165 e. The second-order valence-electron chi connectivity index (χ2n) is 7.42. The topological polar surface area (TPSA) is 84.1 Å². The monoisotopic (exact) mass is 372 g/mol. The fourth-order valence-electron chi connectivity index (χ4n) is 3.19. The lowest BCUT2D eigenvalue weighted by atomic mass is 10.0. The predicted octanol–water partition coefficient (Wildman–Crippen LogP) is 4.55. The number of phenolic OH excluding ortho intramolecular Hbond substituents is 1. The van der Waals surface area contributed by atoms with E-state index in [-0.39, 0.29) is 11.8 Å². The molecular formula is C23H24N4O. The Labute approximate surface area is 164 Å². The van der Waals surface area contributed by atoms with Crippen molar-refractivity contribution in [3.8, 4) is 17.1 Å². The van der Waals surface area contributed by atoms with E-state index in [2.05, 4.69) is 19.2 Å². The number of fused-ring (bicyclic) bond motifs is 2. The first-order chi connectivity index (χ1) is 13.5. The second-order valence-corrected chi connectivity index (χ2v) is 7.42. The van der Waals surface area contributed by atoms with Gasteiger partial charge in [0.2, 0.25) is 0 Å². The van der Waals surface area contributed by atoms with Gasteiger partial charge in [0.1, 0.15) is 11.6 Å². The van der Waals surface area contributed by atoms with Crippen LogP contribution in [0, 0.1) is 5.92 Å². The Bertz CT molecular complexity index is 1140. The molecule has 5 heteroatoms. The average Bonchev–Trinajstić information content (AvgIpc) is 2.70. The molecule has 142 valence electrons. The molecule has 1 aromatic heterocycles. The van der Waals surface area contributed by atoms with Crippen LogP contribution < -0.4 is 11.1 Å². The highest BCUT2D eigenvalue weighted by atomic mass is 16.3. The van der Waals surface area contributed by atoms with Crippen LogP contribution in [0.2, 0.25) is 0 Å². The summed E-state index contributed by atoms with van der Waals surface area (Å²) in [5.74, 6) is 1.75. The van der Waals surface area contributed by atoms with Crippen LogP contribution >= 0.6 is 0 Å². The van der Waals surface area contributed by atoms with Gasteiger partial charge in [0.15, 0.2) is 5.82 Å². The number of aromatic nitrogens is 2. The first-order valence-corrected chi connectivity index (χ1v) is 9.51. The van der Waals surface area contributed by atoms with Crippen molar-refractivity contribution in [3.05, 3.63) is 60.7 Å². The van der Waals surface area contributed by atoms with E-state index in [1.165, 1.54) is 0 Å². The summed E-state index contributed by atoms with van der Waals surface area (Å²) >= 11 is 0. The lowest BCUT2D eigenvalue weighted by Gasteiger charge is -2.18. The maximum absolute atomic E-state index is 10.6. The van der Waals surface area contributed by atoms with Crippen molar-refractivity contribution < 1.29 is 5.11 Å². The van der Waals surface area contributed by atoms with E-state index in [0.29, 0.717) is 23.9 Å². The predicted molar refractivity (Wildman–Crippen MR) is 115 cm³/mol. The van der Waals surface area contributed by atoms with E-state index in [4.69, 9.17) is 15.7 Å². The smallest absolute Gasteiger partial charge is 0.165 e. The van der Waals surface area contributed by atoms with E-state index in [9.17, 15) is 5.11 Å². The molecule has 4 aromatic rings. The SMILES string of the molecule is CC(C)[C@@H](N)CNc1nc(-c2cc3ccccc3cc2O)nc2ccccc12. The van der Waals surface area contributed by atoms with Crippen LogP contribution in [0.15, 0.2) is 60.7 Å². The van der Waals surface area contributed by atoms with E-state index in [0.717, 1.165) is 27.5 Å². The van der Waals surface area contributed by atoms with Gasteiger partial charge in [-0.2, -0.15) is 0 Å². The third kappa shape index (κ3) is 3.49. The molecule has 1 atom stereocenters. The fourth-order valence-corrected chi connectivity index (χ4v) is 3.19. The Hall–Kier alpha value is -3.18. The van der Waals surface area contributed by atoms with Crippen LogP contribution in [0.4, 0.5) is 5.82 Å². The van der Waals surface area contributed by atoms with Crippen molar-refractivity contribution in [1.29, 1.82) is 0 Å². The summed E-state index contributed by atoms with van der Waals surface area (Å²) < 4.78 is 0. The van der Waals surface area contributed by atoms with Gasteiger partial charge in [-0.1, -0.05) is 50.2 Å². The first kappa shape index (κ1) is 18.2. The number of hydrogen-bond donors (Lipinski definition) is 3. The fraction of sp³-hybridized carbons (Fsp3) is 0.217. The number of aromatic hydroxyl groups is 1. The number of benzene rings is 3. The highest BCUT2D eigenvalue weighted by molar-refractivity contribution is 5.93. The van der Waals surface area contributed by atoms with Crippen molar-refractivity contribution >= 4 is 27.5 Å². The van der Waals surface area contributed by atoms with E-state index >= 15 is 0 Å². The molecule has 3 aromatic carbocycles. The Kier molecular flexibility index (Phi) is 4.84. The van der Waals surface area contributed by atoms with Gasteiger partial charge >= 0.3 is 0 Å². The molecule has 28 heavy (non-hydrogen) atoms. The summed E-state index contributed by atoms with van der Waals surface area (Å²) in [5, 5.41) is 16.9. The highest BCUT2D eigenvalue weighted by Crippen LogP contribution is 2.33. The Morgan fingerprint density at radius 2 is 1.64 bits per heavy atom. The van der Waals surface area contributed by atoms with Crippen LogP contribution in [-0.2, 0) is 0 Å². The molecule has 0 saturated carbocycles. The standard InChI is InChI=1S/C23H24N4O/c1-14(2)19(24)13-25-22-17-9-5-6-10-20(17)26-23(27-22)18-11-15-7-3-4-8-16(15)12-21(18)28/h3-12,14,19,28H,13,24H2,1-2H3,(H,25,26,27)/t19-/m0/s1. The molecule has 0 radical (unpaired) electrons. The maximum atomic E-state index is 10.6. The average molecular weight is 372 g/mol. The first-order valence-electron chi connectivity index (χ1n) is 9.51. The number of nitrogens with two attached hydrogens (primary N) is 1. The largest absolute Gasteiger partial charge is 0.507 e. The van der Waals surface area contributed by atoms with Crippen LogP contribution in [0.5, 0.6) is 5.75 Å². The van der Waals surface area contributed by atoms with Crippen molar-refractivity contribution in [1.82, 2.24) is 9.97 Å². The van der Waals surface area contributed by atoms with Crippen molar-refractivity contribution in [2.75, 3.05) is 11.9 Å². The van der Waals surface area contributed by atoms with Crippen molar-refractivity contribution in [2.24, 2.45) is 11.7 Å². The van der Waals surface area contributed by atoms with Gasteiger partial charge in [-0.15, -0.1) is 0 Å². The minimum atomic E-state index is 0.0197. The summed E-state index contributed by atoms with van der Waals surface area (Å²) in [6.07, 6.45) is 0. The summed E-state index contributed by atoms with van der Waals surface area (Å²) in [7, 11) is 0. The van der Waals surface area contributed by atoms with Gasteiger partial charge in [0.05, 0.1) is 11.1 Å². The zero-order valence-corrected chi connectivity index (χ0v) is 16.1. The second kappa shape index (κ2) is 7.44. The lowest BCUT2D eigenvalue weighted by molar-refractivity contribution is 0.477. The Morgan fingerprint density at radius 1 is 0.964 bits per heavy atom. The van der Waals surface area contributed by atoms with E-state index in [1.54, 1.807) is 6.07 Å². The molecule has 0 fully saturated rings. The zero-order chi connectivity index (χ0) is 19.7. The summed E-state index contributed by atoms with van der Waals surface area (Å²) in [4.78, 5) is 9.43. The molecule has 0 aliphatic heterocycles. The molecule has 4 N–H and O–H groups in total. The third-order valence-corrected chi connectivity index (χ3v) is 5.07. The summed E-state index contributed by atoms with van der Waals surface area (Å²) in [6, 6.07) is 19.5. The molecule has 4 rings (SSSR count). The molecule has 0 saturated heterocycles. The van der Waals surface area contributed by atoms with Crippen LogP contribution in [0.1, 0.15) is 13.8 Å². The number of rotatable bonds is 5. The van der Waals surface area contributed by atoms with Gasteiger partial charge in [0, 0.05) is 18.0 Å². The molecule has 0 unspecified atom stereocenters. The molecule has 0 amide bonds. The van der Waals surface area contributed by atoms with Gasteiger partial charge in [-0.25, -0.2) is 9.97 Å². The van der Waals surface area contributed by atoms with Gasteiger partial charge in [-0.05, 0) is 41.0 Å². The van der Waals surface area contributed by atoms with E-state index < -0.39 is 0 Å². The third-order valence-electron chi connectivity index (χ3n) is 5.07. The van der Waals surface area contributed by atoms with Crippen molar-refractivity contribution in [2.45, 2.75) is 19.9 Å². The molecule has 0 aliphatic carbocycles. The number of para-hydroxylation sites is 1. The minimum Gasteiger partial charge on any atom is -0.507 e. The van der Waals surface area contributed by atoms with Gasteiger partial charge < -0.3 is 16.2 Å². The van der Waals surface area contributed by atoms with Crippen molar-refractivity contribution in [3.63, 3.8) is 0 Å². The quantitative estimate of drug-likeness (QED) is 0.479. The van der Waals surface area contributed by atoms with Crippen LogP contribution in [0.3, 0.4) is 0 Å². The number of nitrogens with zero attached hydrogens (tertiary/aromatic N) is 2. The lowest BCUT2D eigenvalue weighted by Crippen LogP contribution is -2.34. The highest BCUT2D eigenvalue weighted by Gasteiger charge is 2.15. The molecule has 0 aliphatic rings. The molecule has 0 bridgehead atoms. The Balaban J connectivity index is 1.83. The van der Waals surface area contributed by atoms with Crippen LogP contribution in [-0.4, -0.2) is 27.7 Å². The minimum absolute atomic E-state index is 0.0197. The Morgan fingerprint density at radius 3 is 2.39 bits per heavy atom. The number of nitrogens with one attached hydrogen (secondary N) is 1. The molecular weight excluding hydrogens is 348 g/mol. The van der Waals surface area contributed by atoms with E-state index in [1.807, 2.05) is 54.6 Å². The van der Waals surface area contributed by atoms with Gasteiger partial charge in [0.25, 0.3) is 0 Å². The summed E-state index contributed by atoms with van der Waals surface area (Å²) in [6.45, 7) is 4.81. The number of anilines is 1.